The third kappa shape index (κ3) is 3.19. The number of rotatable bonds is 3. The molecule has 1 aromatic carbocycles. The van der Waals surface area contributed by atoms with Gasteiger partial charge in [0.05, 0.1) is 0 Å². The van der Waals surface area contributed by atoms with Crippen LogP contribution in [0.1, 0.15) is 24.0 Å². The number of aliphatic hydroxyl groups excluding tert-OH is 1. The van der Waals surface area contributed by atoms with Crippen molar-refractivity contribution < 1.29 is 9.52 Å². The molecule has 1 aromatic heterocycles. The van der Waals surface area contributed by atoms with Crippen molar-refractivity contribution in [1.82, 2.24) is 4.90 Å². The van der Waals surface area contributed by atoms with Gasteiger partial charge >= 0.3 is 5.63 Å². The quantitative estimate of drug-likeness (QED) is 0.883. The van der Waals surface area contributed by atoms with Crippen LogP contribution in [0.4, 0.5) is 0 Å². The van der Waals surface area contributed by atoms with Crippen molar-refractivity contribution in [3.8, 4) is 0 Å². The Morgan fingerprint density at radius 2 is 2.23 bits per heavy atom. The van der Waals surface area contributed by atoms with Crippen LogP contribution >= 0.6 is 11.6 Å². The van der Waals surface area contributed by atoms with Crippen LogP contribution in [0.5, 0.6) is 0 Å². The van der Waals surface area contributed by atoms with Crippen LogP contribution in [0.15, 0.2) is 27.4 Å². The predicted molar refractivity (Wildman–Crippen MR) is 87.3 cm³/mol. The molecule has 1 atom stereocenters. The zero-order valence-electron chi connectivity index (χ0n) is 12.6. The molecule has 4 nitrogen and oxygen atoms in total. The molecule has 118 valence electrons. The minimum absolute atomic E-state index is 0.221. The lowest BCUT2D eigenvalue weighted by atomic mass is 9.98. The number of nitrogens with zero attached hydrogens (tertiary/aromatic N) is 1. The summed E-state index contributed by atoms with van der Waals surface area (Å²) in [6.07, 6.45) is 2.14. The highest BCUT2D eigenvalue weighted by molar-refractivity contribution is 6.32. The first-order valence-electron chi connectivity index (χ1n) is 7.63. The predicted octanol–water partition coefficient (Wildman–Crippen LogP) is 2.96. The SMILES string of the molecule is Cc1cc2oc(=O)cc(CN3CCC[C@H](CO)C3)c2cc1Cl. The third-order valence-corrected chi connectivity index (χ3v) is 4.77. The van der Waals surface area contributed by atoms with Crippen molar-refractivity contribution in [2.24, 2.45) is 5.92 Å². The molecule has 1 aliphatic heterocycles. The van der Waals surface area contributed by atoms with Gasteiger partial charge in [0.15, 0.2) is 0 Å². The monoisotopic (exact) mass is 321 g/mol. The first-order chi connectivity index (χ1) is 10.6. The van der Waals surface area contributed by atoms with Crippen LogP contribution in [-0.2, 0) is 6.54 Å². The van der Waals surface area contributed by atoms with Crippen molar-refractivity contribution >= 4 is 22.6 Å². The van der Waals surface area contributed by atoms with Crippen LogP contribution in [0.25, 0.3) is 11.0 Å². The zero-order valence-corrected chi connectivity index (χ0v) is 13.4. The number of hydrogen-bond acceptors (Lipinski definition) is 4. The topological polar surface area (TPSA) is 53.7 Å². The van der Waals surface area contributed by atoms with Gasteiger partial charge in [0, 0.05) is 36.2 Å². The number of benzene rings is 1. The van der Waals surface area contributed by atoms with Crippen LogP contribution in [-0.4, -0.2) is 29.7 Å². The minimum Gasteiger partial charge on any atom is -0.423 e. The first-order valence-corrected chi connectivity index (χ1v) is 8.00. The average Bonchev–Trinajstić information content (AvgIpc) is 2.49. The molecule has 1 fully saturated rings. The molecule has 1 aliphatic rings. The molecule has 0 amide bonds. The highest BCUT2D eigenvalue weighted by atomic mass is 35.5. The normalized spacial score (nSPS) is 19.7. The first kappa shape index (κ1) is 15.5. The Morgan fingerprint density at radius 3 is 3.00 bits per heavy atom. The van der Waals surface area contributed by atoms with Crippen molar-refractivity contribution in [1.29, 1.82) is 0 Å². The summed E-state index contributed by atoms with van der Waals surface area (Å²) in [5, 5.41) is 10.9. The van der Waals surface area contributed by atoms with Gasteiger partial charge in [0.25, 0.3) is 0 Å². The molecule has 0 aliphatic carbocycles. The van der Waals surface area contributed by atoms with Crippen molar-refractivity contribution in [3.63, 3.8) is 0 Å². The summed E-state index contributed by atoms with van der Waals surface area (Å²) in [5.74, 6) is 0.325. The van der Waals surface area contributed by atoms with Crippen molar-refractivity contribution in [2.45, 2.75) is 26.3 Å². The molecular formula is C17H20ClNO3. The standard InChI is InChI=1S/C17H20ClNO3/c1-11-5-16-14(7-15(11)18)13(6-17(21)22-16)9-19-4-2-3-12(8-19)10-20/h5-7,12,20H,2-4,8-10H2,1H3/t12-/m0/s1. The van der Waals surface area contributed by atoms with E-state index in [-0.39, 0.29) is 12.2 Å². The fourth-order valence-electron chi connectivity index (χ4n) is 3.16. The second-order valence-electron chi connectivity index (χ2n) is 6.11. The molecule has 0 bridgehead atoms. The van der Waals surface area contributed by atoms with Crippen molar-refractivity contribution in [3.05, 3.63) is 44.8 Å². The summed E-state index contributed by atoms with van der Waals surface area (Å²) < 4.78 is 5.30. The van der Waals surface area contributed by atoms with Gasteiger partial charge in [-0.1, -0.05) is 11.6 Å². The summed E-state index contributed by atoms with van der Waals surface area (Å²) in [6, 6.07) is 5.24. The van der Waals surface area contributed by atoms with Crippen LogP contribution in [0.2, 0.25) is 5.02 Å². The van der Waals surface area contributed by atoms with Crippen molar-refractivity contribution in [2.75, 3.05) is 19.7 Å². The fraction of sp³-hybridized carbons (Fsp3) is 0.471. The molecule has 1 N–H and O–H groups in total. The maximum atomic E-state index is 11.8. The number of fused-ring (bicyclic) bond motifs is 1. The molecule has 3 rings (SSSR count). The number of hydrogen-bond donors (Lipinski definition) is 1. The molecule has 0 radical (unpaired) electrons. The lowest BCUT2D eigenvalue weighted by Crippen LogP contribution is -2.36. The molecular weight excluding hydrogens is 302 g/mol. The summed E-state index contributed by atoms with van der Waals surface area (Å²) >= 11 is 6.22. The van der Waals surface area contributed by atoms with Gasteiger partial charge in [0.2, 0.25) is 0 Å². The van der Waals surface area contributed by atoms with E-state index in [9.17, 15) is 9.90 Å². The molecule has 0 unspecified atom stereocenters. The summed E-state index contributed by atoms with van der Waals surface area (Å²) in [7, 11) is 0. The van der Waals surface area contributed by atoms with Gasteiger partial charge in [-0.2, -0.15) is 0 Å². The molecule has 22 heavy (non-hydrogen) atoms. The van der Waals surface area contributed by atoms with Crippen LogP contribution < -0.4 is 5.63 Å². The highest BCUT2D eigenvalue weighted by Gasteiger charge is 2.20. The molecule has 5 heteroatoms. The Bertz CT molecular complexity index is 740. The summed E-state index contributed by atoms with van der Waals surface area (Å²) in [5.41, 5.74) is 2.08. The Morgan fingerprint density at radius 1 is 1.41 bits per heavy atom. The zero-order chi connectivity index (χ0) is 15.7. The lowest BCUT2D eigenvalue weighted by molar-refractivity contribution is 0.116. The maximum absolute atomic E-state index is 11.8. The van der Waals surface area contributed by atoms with E-state index in [0.717, 1.165) is 42.4 Å². The Hall–Kier alpha value is -1.36. The number of aliphatic hydroxyl groups is 1. The van der Waals surface area contributed by atoms with Gasteiger partial charge in [-0.3, -0.25) is 4.90 Å². The largest absolute Gasteiger partial charge is 0.423 e. The fourth-order valence-corrected chi connectivity index (χ4v) is 3.33. The maximum Gasteiger partial charge on any atom is 0.336 e. The molecule has 0 saturated carbocycles. The van der Waals surface area contributed by atoms with E-state index in [1.54, 1.807) is 6.07 Å². The van der Waals surface area contributed by atoms with E-state index in [4.69, 9.17) is 16.0 Å². The summed E-state index contributed by atoms with van der Waals surface area (Å²) in [4.78, 5) is 14.1. The minimum atomic E-state index is -0.333. The third-order valence-electron chi connectivity index (χ3n) is 4.36. The number of likely N-dealkylation sites (tertiary alicyclic amines) is 1. The smallest absolute Gasteiger partial charge is 0.336 e. The highest BCUT2D eigenvalue weighted by Crippen LogP contribution is 2.27. The van der Waals surface area contributed by atoms with Gasteiger partial charge in [-0.05, 0) is 55.5 Å². The Kier molecular flexibility index (Phi) is 4.52. The van der Waals surface area contributed by atoms with Crippen LogP contribution in [0.3, 0.4) is 0 Å². The van der Waals surface area contributed by atoms with E-state index in [2.05, 4.69) is 4.90 Å². The molecule has 2 aromatic rings. The Labute approximate surface area is 134 Å². The number of aryl methyl sites for hydroxylation is 1. The van der Waals surface area contributed by atoms with E-state index < -0.39 is 0 Å². The van der Waals surface area contributed by atoms with E-state index in [1.165, 1.54) is 0 Å². The van der Waals surface area contributed by atoms with Crippen LogP contribution in [0, 0.1) is 12.8 Å². The van der Waals surface area contributed by atoms with E-state index >= 15 is 0 Å². The van der Waals surface area contributed by atoms with Gasteiger partial charge < -0.3 is 9.52 Å². The second-order valence-corrected chi connectivity index (χ2v) is 6.52. The Balaban J connectivity index is 1.96. The average molecular weight is 322 g/mol. The second kappa shape index (κ2) is 6.41. The van der Waals surface area contributed by atoms with Gasteiger partial charge in [0.1, 0.15) is 5.58 Å². The van der Waals surface area contributed by atoms with Gasteiger partial charge in [-0.25, -0.2) is 4.79 Å². The van der Waals surface area contributed by atoms with E-state index in [0.29, 0.717) is 23.1 Å². The summed E-state index contributed by atoms with van der Waals surface area (Å²) in [6.45, 7) is 4.64. The lowest BCUT2D eigenvalue weighted by Gasteiger charge is -2.31. The number of halogens is 1. The number of piperidine rings is 1. The molecule has 2 heterocycles. The van der Waals surface area contributed by atoms with E-state index in [1.807, 2.05) is 19.1 Å². The molecule has 1 saturated heterocycles. The van der Waals surface area contributed by atoms with Gasteiger partial charge in [-0.15, -0.1) is 0 Å². The molecule has 0 spiro atoms.